The van der Waals surface area contributed by atoms with Crippen molar-refractivity contribution in [2.24, 2.45) is 11.5 Å². The van der Waals surface area contributed by atoms with Gasteiger partial charge in [0.25, 0.3) is 0 Å². The largest absolute Gasteiger partial charge is 0.493 e. The molecule has 3 heterocycles. The summed E-state index contributed by atoms with van der Waals surface area (Å²) in [7, 11) is 1.49. The Morgan fingerprint density at radius 3 is 2.29 bits per heavy atom. The second-order valence-electron chi connectivity index (χ2n) is 9.28. The number of nitrogens with one attached hydrogen (secondary N) is 1. The Morgan fingerprint density at radius 1 is 1.17 bits per heavy atom. The molecule has 1 fully saturated rings. The molecular weight excluding hydrogens is 595 g/mol. The highest BCUT2D eigenvalue weighted by Crippen LogP contribution is 2.39. The molecule has 0 radical (unpaired) electrons. The van der Waals surface area contributed by atoms with Gasteiger partial charge in [-0.2, -0.15) is 17.0 Å². The molecule has 0 spiro atoms. The van der Waals surface area contributed by atoms with Crippen LogP contribution in [0.3, 0.4) is 0 Å². The number of hydrogen-bond donors (Lipinski definition) is 4. The molecule has 10 nitrogen and oxygen atoms in total. The Labute approximate surface area is 262 Å². The van der Waals surface area contributed by atoms with Gasteiger partial charge in [0.2, 0.25) is 0 Å². The summed E-state index contributed by atoms with van der Waals surface area (Å²) in [6.07, 6.45) is 8.02. The SMILES string of the molecule is CC.COc1cc(N)c(C(=N)c2cnc(N3CC(N)(CN)C3)c(C#N)c2)cc1O[C@H](C)c1c(Cl)cncc1Cl.CSC. The van der Waals surface area contributed by atoms with Crippen LogP contribution in [0.5, 0.6) is 11.5 Å². The van der Waals surface area contributed by atoms with Gasteiger partial charge in [0, 0.05) is 66.7 Å². The normalized spacial score (nSPS) is 13.7. The number of pyridine rings is 2. The quantitative estimate of drug-likeness (QED) is 0.189. The third-order valence-electron chi connectivity index (χ3n) is 6.20. The summed E-state index contributed by atoms with van der Waals surface area (Å²) in [5, 5.41) is 19.3. The molecule has 0 bridgehead atoms. The Kier molecular flexibility index (Phi) is 13.2. The third-order valence-corrected chi connectivity index (χ3v) is 6.80. The summed E-state index contributed by atoms with van der Waals surface area (Å²) in [4.78, 5) is 10.3. The van der Waals surface area contributed by atoms with Crippen molar-refractivity contribution in [1.29, 1.82) is 10.7 Å². The lowest BCUT2D eigenvalue weighted by molar-refractivity contribution is 0.216. The zero-order valence-electron chi connectivity index (χ0n) is 24.7. The molecule has 4 rings (SSSR count). The van der Waals surface area contributed by atoms with Crippen molar-refractivity contribution in [3.63, 3.8) is 0 Å². The minimum Gasteiger partial charge on any atom is -0.493 e. The number of hydrogen-bond acceptors (Lipinski definition) is 11. The molecule has 226 valence electrons. The number of ether oxygens (including phenoxy) is 2. The monoisotopic (exact) mass is 632 g/mol. The van der Waals surface area contributed by atoms with Crippen LogP contribution in [0.4, 0.5) is 11.5 Å². The van der Waals surface area contributed by atoms with Gasteiger partial charge in [0.15, 0.2) is 11.5 Å². The number of aromatic nitrogens is 2. The van der Waals surface area contributed by atoms with E-state index in [2.05, 4.69) is 16.0 Å². The molecular formula is C29H38Cl2N8O2S. The molecule has 1 aliphatic heterocycles. The first kappa shape index (κ1) is 34.9. The van der Waals surface area contributed by atoms with E-state index in [1.165, 1.54) is 25.7 Å². The van der Waals surface area contributed by atoms with E-state index in [4.69, 9.17) is 55.3 Å². The summed E-state index contributed by atoms with van der Waals surface area (Å²) >= 11 is 14.3. The van der Waals surface area contributed by atoms with Gasteiger partial charge in [-0.1, -0.05) is 37.0 Å². The number of halogens is 2. The van der Waals surface area contributed by atoms with E-state index in [0.29, 0.717) is 74.9 Å². The molecule has 0 aliphatic carbocycles. The highest BCUT2D eigenvalue weighted by Gasteiger charge is 2.39. The second-order valence-corrected chi connectivity index (χ2v) is 10.9. The minimum absolute atomic E-state index is 0.0620. The third kappa shape index (κ3) is 7.96. The number of thioether (sulfide) groups is 1. The van der Waals surface area contributed by atoms with Gasteiger partial charge in [-0.25, -0.2) is 4.98 Å². The molecule has 7 N–H and O–H groups in total. The van der Waals surface area contributed by atoms with Gasteiger partial charge in [0.05, 0.1) is 34.0 Å². The number of nitrogens with zero attached hydrogens (tertiary/aromatic N) is 4. The van der Waals surface area contributed by atoms with Crippen LogP contribution >= 0.6 is 35.0 Å². The lowest BCUT2D eigenvalue weighted by atomic mass is 9.90. The molecule has 13 heteroatoms. The summed E-state index contributed by atoms with van der Waals surface area (Å²) < 4.78 is 11.6. The molecule has 0 unspecified atom stereocenters. The topological polar surface area (TPSA) is 173 Å². The summed E-state index contributed by atoms with van der Waals surface area (Å²) in [5.74, 6) is 1.20. The number of nitrogens with two attached hydrogens (primary N) is 3. The maximum atomic E-state index is 9.74. The van der Waals surface area contributed by atoms with Crippen LogP contribution in [0.25, 0.3) is 0 Å². The van der Waals surface area contributed by atoms with Crippen LogP contribution < -0.4 is 31.6 Å². The number of anilines is 2. The molecule has 1 aromatic carbocycles. The predicted molar refractivity (Wildman–Crippen MR) is 175 cm³/mol. The number of nitriles is 1. The van der Waals surface area contributed by atoms with Gasteiger partial charge in [-0.15, -0.1) is 0 Å². The van der Waals surface area contributed by atoms with E-state index in [0.717, 1.165) is 0 Å². The fourth-order valence-electron chi connectivity index (χ4n) is 4.18. The number of rotatable bonds is 8. The maximum absolute atomic E-state index is 9.74. The number of benzene rings is 1. The van der Waals surface area contributed by atoms with E-state index in [-0.39, 0.29) is 5.71 Å². The first-order valence-electron chi connectivity index (χ1n) is 13.1. The van der Waals surface area contributed by atoms with E-state index in [9.17, 15) is 5.26 Å². The molecule has 1 atom stereocenters. The highest BCUT2D eigenvalue weighted by molar-refractivity contribution is 7.97. The zero-order valence-corrected chi connectivity index (χ0v) is 27.0. The number of methoxy groups -OCH3 is 1. The summed E-state index contributed by atoms with van der Waals surface area (Å²) in [6, 6.07) is 6.94. The molecule has 0 saturated carbocycles. The Morgan fingerprint density at radius 2 is 1.76 bits per heavy atom. The van der Waals surface area contributed by atoms with Crippen molar-refractivity contribution in [1.82, 2.24) is 9.97 Å². The van der Waals surface area contributed by atoms with Crippen LogP contribution in [0.2, 0.25) is 10.0 Å². The van der Waals surface area contributed by atoms with Crippen LogP contribution in [0.1, 0.15) is 49.1 Å². The number of nitrogen functional groups attached to an aromatic ring is 1. The molecule has 1 aliphatic rings. The standard InChI is InChI=1S/C25H26Cl2N8O2.C2H6S.C2H6/c1-13(22-17(26)8-33-9-18(22)27)37-21-4-16(19(30)5-20(21)36-2)23(31)15-3-14(6-28)24(34-7-15)35-11-25(32,10-29)12-35;1-3-2;1-2/h3-5,7-9,13,31H,10-12,29-30,32H2,1-2H3;1-2H3;1-2H3/t13-;;/m1../s1. The second kappa shape index (κ2) is 15.8. The van der Waals surface area contributed by atoms with Crippen LogP contribution in [-0.2, 0) is 0 Å². The Bertz CT molecular complexity index is 1410. The predicted octanol–water partition coefficient (Wildman–Crippen LogP) is 5.28. The van der Waals surface area contributed by atoms with E-state index >= 15 is 0 Å². The van der Waals surface area contributed by atoms with Crippen molar-refractivity contribution >= 4 is 52.2 Å². The van der Waals surface area contributed by atoms with Crippen molar-refractivity contribution in [3.8, 4) is 17.6 Å². The van der Waals surface area contributed by atoms with Gasteiger partial charge >= 0.3 is 0 Å². The first-order chi connectivity index (χ1) is 20.0. The van der Waals surface area contributed by atoms with Crippen LogP contribution in [0, 0.1) is 16.7 Å². The smallest absolute Gasteiger partial charge is 0.162 e. The van der Waals surface area contributed by atoms with Gasteiger partial charge in [-0.05, 0) is 31.6 Å². The fraction of sp³-hybridized carbons (Fsp3) is 0.379. The van der Waals surface area contributed by atoms with Crippen molar-refractivity contribution < 1.29 is 9.47 Å². The average Bonchev–Trinajstić information content (AvgIpc) is 2.96. The molecule has 42 heavy (non-hydrogen) atoms. The summed E-state index contributed by atoms with van der Waals surface area (Å²) in [5.41, 5.74) is 19.7. The fourth-order valence-corrected chi connectivity index (χ4v) is 4.85. The molecule has 2 aromatic heterocycles. The van der Waals surface area contributed by atoms with E-state index < -0.39 is 11.6 Å². The minimum atomic E-state index is -0.562. The highest BCUT2D eigenvalue weighted by atomic mass is 35.5. The Hall–Kier alpha value is -3.27. The van der Waals surface area contributed by atoms with Gasteiger partial charge < -0.3 is 31.6 Å². The van der Waals surface area contributed by atoms with Crippen molar-refractivity contribution in [2.75, 3.05) is 49.9 Å². The van der Waals surface area contributed by atoms with Crippen molar-refractivity contribution in [3.05, 3.63) is 69.1 Å². The maximum Gasteiger partial charge on any atom is 0.162 e. The van der Waals surface area contributed by atoms with Gasteiger partial charge in [-0.3, -0.25) is 10.4 Å². The molecule has 1 saturated heterocycles. The van der Waals surface area contributed by atoms with Crippen LogP contribution in [-0.4, -0.2) is 60.5 Å². The van der Waals surface area contributed by atoms with Crippen LogP contribution in [0.15, 0.2) is 36.8 Å². The van der Waals surface area contributed by atoms with E-state index in [1.54, 1.807) is 36.9 Å². The lowest BCUT2D eigenvalue weighted by Gasteiger charge is -2.47. The molecule has 0 amide bonds. The Balaban J connectivity index is 0.00000116. The lowest BCUT2D eigenvalue weighted by Crippen LogP contribution is -2.71. The average molecular weight is 634 g/mol. The first-order valence-corrected chi connectivity index (χ1v) is 15.5. The zero-order chi connectivity index (χ0) is 31.6. The summed E-state index contributed by atoms with van der Waals surface area (Å²) in [6.45, 7) is 7.12. The van der Waals surface area contributed by atoms with Gasteiger partial charge in [0.1, 0.15) is 18.0 Å². The van der Waals surface area contributed by atoms with Crippen molar-refractivity contribution in [2.45, 2.75) is 32.4 Å². The van der Waals surface area contributed by atoms with E-state index in [1.807, 2.05) is 31.3 Å². The molecule has 3 aromatic rings.